The van der Waals surface area contributed by atoms with E-state index in [-0.39, 0.29) is 11.9 Å². The zero-order valence-electron chi connectivity index (χ0n) is 15.5. The van der Waals surface area contributed by atoms with E-state index in [0.29, 0.717) is 36.6 Å². The van der Waals surface area contributed by atoms with Gasteiger partial charge in [0.25, 0.3) is 5.91 Å². The lowest BCUT2D eigenvalue weighted by Gasteiger charge is -2.30. The van der Waals surface area contributed by atoms with Crippen LogP contribution in [0.25, 0.3) is 11.0 Å². The molecule has 0 spiro atoms. The van der Waals surface area contributed by atoms with E-state index in [9.17, 15) is 4.79 Å². The number of ether oxygens (including phenoxy) is 1. The molecule has 1 aliphatic rings. The van der Waals surface area contributed by atoms with Crippen LogP contribution in [-0.2, 0) is 6.61 Å². The standard InChI is InChI=1S/C22H24N2O3/c1-15-21(22(25)24-11-9-17(23)10-12-24)19-13-18(7-8-20(19)27-15)26-14-16-5-3-2-4-6-16/h2-8,13,17H,9-12,14,23H2,1H3. The topological polar surface area (TPSA) is 68.7 Å². The molecule has 140 valence electrons. The van der Waals surface area contributed by atoms with Crippen molar-refractivity contribution in [1.82, 2.24) is 4.90 Å². The van der Waals surface area contributed by atoms with Crippen LogP contribution in [-0.4, -0.2) is 29.9 Å². The maximum absolute atomic E-state index is 13.1. The first-order chi connectivity index (χ1) is 13.1. The third-order valence-corrected chi connectivity index (χ3v) is 5.12. The summed E-state index contributed by atoms with van der Waals surface area (Å²) < 4.78 is 11.7. The van der Waals surface area contributed by atoms with Gasteiger partial charge < -0.3 is 19.8 Å². The van der Waals surface area contributed by atoms with Crippen LogP contribution in [0.5, 0.6) is 5.75 Å². The quantitative estimate of drug-likeness (QED) is 0.763. The molecule has 0 saturated carbocycles. The summed E-state index contributed by atoms with van der Waals surface area (Å²) in [6.45, 7) is 3.70. The van der Waals surface area contributed by atoms with Crippen molar-refractivity contribution in [1.29, 1.82) is 0 Å². The molecule has 5 heteroatoms. The fourth-order valence-electron chi connectivity index (χ4n) is 3.56. The number of fused-ring (bicyclic) bond motifs is 1. The van der Waals surface area contributed by atoms with Gasteiger partial charge in [-0.2, -0.15) is 0 Å². The van der Waals surface area contributed by atoms with E-state index in [1.807, 2.05) is 60.4 Å². The van der Waals surface area contributed by atoms with Gasteiger partial charge in [0.15, 0.2) is 0 Å². The first-order valence-electron chi connectivity index (χ1n) is 9.36. The number of amides is 1. The summed E-state index contributed by atoms with van der Waals surface area (Å²) in [5.74, 6) is 1.38. The van der Waals surface area contributed by atoms with Crippen molar-refractivity contribution in [3.63, 3.8) is 0 Å². The van der Waals surface area contributed by atoms with Crippen LogP contribution in [0.2, 0.25) is 0 Å². The lowest BCUT2D eigenvalue weighted by Crippen LogP contribution is -2.42. The minimum Gasteiger partial charge on any atom is -0.489 e. The number of hydrogen-bond acceptors (Lipinski definition) is 4. The van der Waals surface area contributed by atoms with Crippen LogP contribution in [0.4, 0.5) is 0 Å². The SMILES string of the molecule is Cc1oc2ccc(OCc3ccccc3)cc2c1C(=O)N1CCC(N)CC1. The number of nitrogens with two attached hydrogens (primary N) is 1. The molecule has 1 aliphatic heterocycles. The Balaban J connectivity index is 1.59. The van der Waals surface area contributed by atoms with Crippen molar-refractivity contribution in [3.05, 3.63) is 65.4 Å². The molecule has 0 unspecified atom stereocenters. The highest BCUT2D eigenvalue weighted by Crippen LogP contribution is 2.31. The van der Waals surface area contributed by atoms with Gasteiger partial charge >= 0.3 is 0 Å². The molecule has 4 rings (SSSR count). The molecule has 2 heterocycles. The van der Waals surface area contributed by atoms with Gasteiger partial charge in [0, 0.05) is 24.5 Å². The van der Waals surface area contributed by atoms with Gasteiger partial charge in [-0.15, -0.1) is 0 Å². The maximum Gasteiger partial charge on any atom is 0.258 e. The van der Waals surface area contributed by atoms with E-state index < -0.39 is 0 Å². The second-order valence-electron chi connectivity index (χ2n) is 7.10. The second kappa shape index (κ2) is 7.45. The largest absolute Gasteiger partial charge is 0.489 e. The van der Waals surface area contributed by atoms with Gasteiger partial charge in [0.05, 0.1) is 5.56 Å². The van der Waals surface area contributed by atoms with Crippen LogP contribution in [0, 0.1) is 6.92 Å². The first-order valence-corrected chi connectivity index (χ1v) is 9.36. The van der Waals surface area contributed by atoms with Crippen molar-refractivity contribution >= 4 is 16.9 Å². The van der Waals surface area contributed by atoms with Crippen LogP contribution >= 0.6 is 0 Å². The predicted octanol–water partition coefficient (Wildman–Crippen LogP) is 3.88. The maximum atomic E-state index is 13.1. The van der Waals surface area contributed by atoms with E-state index in [0.717, 1.165) is 29.5 Å². The van der Waals surface area contributed by atoms with Gasteiger partial charge in [-0.05, 0) is 43.5 Å². The molecule has 27 heavy (non-hydrogen) atoms. The molecule has 1 fully saturated rings. The zero-order chi connectivity index (χ0) is 18.8. The summed E-state index contributed by atoms with van der Waals surface area (Å²) in [5.41, 5.74) is 8.40. The van der Waals surface area contributed by atoms with E-state index in [1.54, 1.807) is 0 Å². The Bertz CT molecular complexity index is 941. The molecular weight excluding hydrogens is 340 g/mol. The highest BCUT2D eigenvalue weighted by molar-refractivity contribution is 6.07. The molecule has 5 nitrogen and oxygen atoms in total. The Morgan fingerprint density at radius 2 is 1.93 bits per heavy atom. The molecule has 1 saturated heterocycles. The Morgan fingerprint density at radius 1 is 1.19 bits per heavy atom. The van der Waals surface area contributed by atoms with Gasteiger partial charge in [-0.25, -0.2) is 0 Å². The molecule has 1 amide bonds. The molecular formula is C22H24N2O3. The lowest BCUT2D eigenvalue weighted by molar-refractivity contribution is 0.0714. The summed E-state index contributed by atoms with van der Waals surface area (Å²) in [6, 6.07) is 15.8. The number of benzene rings is 2. The van der Waals surface area contributed by atoms with Crippen LogP contribution < -0.4 is 10.5 Å². The number of nitrogens with zero attached hydrogens (tertiary/aromatic N) is 1. The average Bonchev–Trinajstić information content (AvgIpc) is 3.02. The zero-order valence-corrected chi connectivity index (χ0v) is 15.5. The Kier molecular flexibility index (Phi) is 4.86. The van der Waals surface area contributed by atoms with Crippen LogP contribution in [0.15, 0.2) is 52.9 Å². The minimum absolute atomic E-state index is 0.0124. The van der Waals surface area contributed by atoms with Crippen molar-refractivity contribution in [2.75, 3.05) is 13.1 Å². The number of likely N-dealkylation sites (tertiary alicyclic amines) is 1. The normalized spacial score (nSPS) is 15.3. The Morgan fingerprint density at radius 3 is 2.67 bits per heavy atom. The molecule has 0 aliphatic carbocycles. The van der Waals surface area contributed by atoms with E-state index in [2.05, 4.69) is 0 Å². The van der Waals surface area contributed by atoms with Crippen molar-refractivity contribution in [2.24, 2.45) is 5.73 Å². The smallest absolute Gasteiger partial charge is 0.258 e. The molecule has 2 aromatic carbocycles. The summed E-state index contributed by atoms with van der Waals surface area (Å²) in [4.78, 5) is 15.0. The molecule has 0 radical (unpaired) electrons. The minimum atomic E-state index is 0.0124. The summed E-state index contributed by atoms with van der Waals surface area (Å²) >= 11 is 0. The fraction of sp³-hybridized carbons (Fsp3) is 0.318. The number of piperidine rings is 1. The summed E-state index contributed by atoms with van der Waals surface area (Å²) in [6.07, 6.45) is 1.68. The van der Waals surface area contributed by atoms with Crippen LogP contribution in [0.3, 0.4) is 0 Å². The third kappa shape index (κ3) is 3.69. The van der Waals surface area contributed by atoms with Gasteiger partial charge in [-0.1, -0.05) is 30.3 Å². The van der Waals surface area contributed by atoms with Crippen molar-refractivity contribution < 1.29 is 13.9 Å². The number of carbonyl (C=O) groups excluding carboxylic acids is 1. The second-order valence-corrected chi connectivity index (χ2v) is 7.10. The number of rotatable bonds is 4. The fourth-order valence-corrected chi connectivity index (χ4v) is 3.56. The van der Waals surface area contributed by atoms with E-state index in [1.165, 1.54) is 0 Å². The number of carbonyl (C=O) groups is 1. The van der Waals surface area contributed by atoms with Crippen molar-refractivity contribution in [2.45, 2.75) is 32.4 Å². The summed E-state index contributed by atoms with van der Waals surface area (Å²) in [7, 11) is 0. The van der Waals surface area contributed by atoms with Gasteiger partial charge in [-0.3, -0.25) is 4.79 Å². The number of hydrogen-bond donors (Lipinski definition) is 1. The van der Waals surface area contributed by atoms with E-state index in [4.69, 9.17) is 14.9 Å². The molecule has 0 bridgehead atoms. The molecule has 1 aromatic heterocycles. The Labute approximate surface area is 158 Å². The highest BCUT2D eigenvalue weighted by atomic mass is 16.5. The first kappa shape index (κ1) is 17.6. The molecule has 0 atom stereocenters. The molecule has 3 aromatic rings. The third-order valence-electron chi connectivity index (χ3n) is 5.12. The lowest BCUT2D eigenvalue weighted by atomic mass is 10.0. The monoisotopic (exact) mass is 364 g/mol. The predicted molar refractivity (Wildman–Crippen MR) is 105 cm³/mol. The van der Waals surface area contributed by atoms with Gasteiger partial charge in [0.2, 0.25) is 0 Å². The number of furan rings is 1. The molecule has 2 N–H and O–H groups in total. The van der Waals surface area contributed by atoms with E-state index >= 15 is 0 Å². The summed E-state index contributed by atoms with van der Waals surface area (Å²) in [5, 5.41) is 0.804. The van der Waals surface area contributed by atoms with Crippen LogP contribution in [0.1, 0.15) is 34.5 Å². The van der Waals surface area contributed by atoms with Crippen molar-refractivity contribution in [3.8, 4) is 5.75 Å². The highest BCUT2D eigenvalue weighted by Gasteiger charge is 2.26. The van der Waals surface area contributed by atoms with Gasteiger partial charge in [0.1, 0.15) is 23.7 Å². The Hall–Kier alpha value is -2.79. The average molecular weight is 364 g/mol. The number of aryl methyl sites for hydroxylation is 1.